The van der Waals surface area contributed by atoms with Crippen LogP contribution < -0.4 is 0 Å². The second kappa shape index (κ2) is 11.1. The molecule has 9 heteroatoms. The Bertz CT molecular complexity index is 1380. The standard InChI is InChI=1S/C30H36F2N4O3/c1-18(2)27(6-5-10-37)34-14-22(15-34)21-12-25(28-29(32)33-20(4)36(28)16-21)24-8-7-23(31)13-26(24)30(38)35-9-11-39-17-19(35)3/h7-8,10,12-13,16,18-19,22,27H,5-6,9,11,14-15,17H2,1-4H3/t19-,27-/m1/s1. The summed E-state index contributed by atoms with van der Waals surface area (Å²) < 4.78 is 37.0. The molecule has 2 aliphatic rings. The Balaban J connectivity index is 1.55. The smallest absolute Gasteiger partial charge is 0.254 e. The molecule has 2 atom stereocenters. The van der Waals surface area contributed by atoms with Gasteiger partial charge in [-0.3, -0.25) is 9.69 Å². The van der Waals surface area contributed by atoms with Crippen molar-refractivity contribution in [2.24, 2.45) is 5.92 Å². The lowest BCUT2D eigenvalue weighted by Gasteiger charge is -2.46. The highest BCUT2D eigenvalue weighted by atomic mass is 19.1. The summed E-state index contributed by atoms with van der Waals surface area (Å²) in [6.07, 6.45) is 4.27. The summed E-state index contributed by atoms with van der Waals surface area (Å²) in [5.41, 5.74) is 2.48. The van der Waals surface area contributed by atoms with Crippen LogP contribution in [0.3, 0.4) is 0 Å². The van der Waals surface area contributed by atoms with Crippen LogP contribution in [0.25, 0.3) is 16.6 Å². The maximum absolute atomic E-state index is 15.2. The van der Waals surface area contributed by atoms with Crippen molar-refractivity contribution in [2.45, 2.75) is 58.5 Å². The van der Waals surface area contributed by atoms with E-state index >= 15 is 4.39 Å². The summed E-state index contributed by atoms with van der Waals surface area (Å²) in [7, 11) is 0. The SMILES string of the molecule is Cc1nc(F)c2c(-c3ccc(F)cc3C(=O)N3CCOC[C@H]3C)cc(C3CN([C@H](CCC=O)C(C)C)C3)cn12. The quantitative estimate of drug-likeness (QED) is 0.384. The summed E-state index contributed by atoms with van der Waals surface area (Å²) >= 11 is 0. The number of imidazole rings is 1. The summed E-state index contributed by atoms with van der Waals surface area (Å²) in [5.74, 6) is -0.320. The average molecular weight is 539 g/mol. The van der Waals surface area contributed by atoms with Crippen molar-refractivity contribution in [3.05, 3.63) is 59.2 Å². The van der Waals surface area contributed by atoms with Crippen LogP contribution in [-0.4, -0.2) is 76.3 Å². The number of likely N-dealkylation sites (tertiary alicyclic amines) is 1. The van der Waals surface area contributed by atoms with Crippen molar-refractivity contribution in [2.75, 3.05) is 32.8 Å². The number of pyridine rings is 1. The van der Waals surface area contributed by atoms with Gasteiger partial charge >= 0.3 is 0 Å². The fraction of sp³-hybridized carbons (Fsp3) is 0.500. The molecular formula is C30H36F2N4O3. The van der Waals surface area contributed by atoms with E-state index in [-0.39, 0.29) is 28.9 Å². The molecule has 5 rings (SSSR count). The number of hydrogen-bond donors (Lipinski definition) is 0. The lowest BCUT2D eigenvalue weighted by Crippen LogP contribution is -2.52. The molecule has 0 bridgehead atoms. The molecule has 0 aliphatic carbocycles. The maximum Gasteiger partial charge on any atom is 0.254 e. The first-order valence-electron chi connectivity index (χ1n) is 13.7. The number of hydrogen-bond acceptors (Lipinski definition) is 5. The molecule has 0 spiro atoms. The zero-order valence-electron chi connectivity index (χ0n) is 23.0. The molecule has 2 fully saturated rings. The number of aromatic nitrogens is 2. The van der Waals surface area contributed by atoms with Gasteiger partial charge in [-0.15, -0.1) is 0 Å². The minimum atomic E-state index is -0.625. The van der Waals surface area contributed by atoms with E-state index in [2.05, 4.69) is 23.7 Å². The largest absolute Gasteiger partial charge is 0.377 e. The zero-order valence-corrected chi connectivity index (χ0v) is 23.0. The number of halogens is 2. The van der Waals surface area contributed by atoms with E-state index in [0.717, 1.165) is 31.4 Å². The predicted octanol–water partition coefficient (Wildman–Crippen LogP) is 4.85. The number of amides is 1. The molecule has 0 saturated carbocycles. The summed E-state index contributed by atoms with van der Waals surface area (Å²) in [6.45, 7) is 10.9. The summed E-state index contributed by atoms with van der Waals surface area (Å²) in [4.78, 5) is 32.8. The Morgan fingerprint density at radius 2 is 1.97 bits per heavy atom. The second-order valence-corrected chi connectivity index (χ2v) is 11.2. The van der Waals surface area contributed by atoms with Crippen LogP contribution in [0.4, 0.5) is 8.78 Å². The van der Waals surface area contributed by atoms with Crippen LogP contribution in [0.5, 0.6) is 0 Å². The molecule has 1 amide bonds. The van der Waals surface area contributed by atoms with Gasteiger partial charge in [0.1, 0.15) is 23.4 Å². The molecule has 39 heavy (non-hydrogen) atoms. The van der Waals surface area contributed by atoms with Gasteiger partial charge in [-0.05, 0) is 55.5 Å². The number of ether oxygens (including phenoxy) is 1. The Labute approximate surface area is 227 Å². The minimum absolute atomic E-state index is 0.156. The minimum Gasteiger partial charge on any atom is -0.377 e. The molecule has 0 N–H and O–H groups in total. The van der Waals surface area contributed by atoms with Gasteiger partial charge in [0.05, 0.1) is 24.8 Å². The Kier molecular flexibility index (Phi) is 7.82. The number of carbonyl (C=O) groups is 2. The molecular weight excluding hydrogens is 502 g/mol. The molecule has 4 heterocycles. The van der Waals surface area contributed by atoms with Crippen LogP contribution in [0.2, 0.25) is 0 Å². The highest BCUT2D eigenvalue weighted by molar-refractivity contribution is 6.03. The van der Waals surface area contributed by atoms with Crippen molar-refractivity contribution >= 4 is 17.7 Å². The third-order valence-corrected chi connectivity index (χ3v) is 8.22. The van der Waals surface area contributed by atoms with Crippen molar-refractivity contribution in [3.8, 4) is 11.1 Å². The number of carbonyl (C=O) groups excluding carboxylic acids is 2. The van der Waals surface area contributed by atoms with E-state index in [0.29, 0.717) is 55.1 Å². The monoisotopic (exact) mass is 538 g/mol. The molecule has 208 valence electrons. The molecule has 2 saturated heterocycles. The number of rotatable bonds is 8. The van der Waals surface area contributed by atoms with E-state index in [1.807, 2.05) is 19.2 Å². The highest BCUT2D eigenvalue weighted by Gasteiger charge is 2.35. The number of aldehydes is 1. The second-order valence-electron chi connectivity index (χ2n) is 11.2. The van der Waals surface area contributed by atoms with Gasteiger partial charge in [-0.25, -0.2) is 9.37 Å². The molecule has 0 radical (unpaired) electrons. The van der Waals surface area contributed by atoms with Gasteiger partial charge in [0.15, 0.2) is 0 Å². The Hall–Kier alpha value is -3.17. The first-order chi connectivity index (χ1) is 18.7. The van der Waals surface area contributed by atoms with Gasteiger partial charge in [-0.1, -0.05) is 19.9 Å². The summed E-state index contributed by atoms with van der Waals surface area (Å²) in [5, 5.41) is 0. The van der Waals surface area contributed by atoms with Crippen LogP contribution in [0, 0.1) is 24.6 Å². The molecule has 2 aromatic heterocycles. The fourth-order valence-electron chi connectivity index (χ4n) is 6.04. The van der Waals surface area contributed by atoms with Crippen molar-refractivity contribution in [3.63, 3.8) is 0 Å². The maximum atomic E-state index is 15.2. The van der Waals surface area contributed by atoms with Gasteiger partial charge in [0.2, 0.25) is 5.95 Å². The van der Waals surface area contributed by atoms with Crippen LogP contribution in [0.1, 0.15) is 61.3 Å². The normalized spacial score (nSPS) is 19.5. The molecule has 7 nitrogen and oxygen atoms in total. The van der Waals surface area contributed by atoms with E-state index in [9.17, 15) is 14.0 Å². The van der Waals surface area contributed by atoms with Crippen LogP contribution in [-0.2, 0) is 9.53 Å². The topological polar surface area (TPSA) is 67.2 Å². The van der Waals surface area contributed by atoms with Crippen LogP contribution >= 0.6 is 0 Å². The number of morpholine rings is 1. The summed E-state index contributed by atoms with van der Waals surface area (Å²) in [6, 6.07) is 6.22. The number of nitrogens with zero attached hydrogens (tertiary/aromatic N) is 4. The molecule has 3 aromatic rings. The number of benzene rings is 1. The van der Waals surface area contributed by atoms with E-state index in [1.54, 1.807) is 22.3 Å². The number of aryl methyl sites for hydroxylation is 1. The van der Waals surface area contributed by atoms with Gasteiger partial charge in [0, 0.05) is 49.8 Å². The predicted molar refractivity (Wildman–Crippen MR) is 145 cm³/mol. The Morgan fingerprint density at radius 3 is 2.67 bits per heavy atom. The first-order valence-corrected chi connectivity index (χ1v) is 13.7. The first kappa shape index (κ1) is 27.4. The van der Waals surface area contributed by atoms with E-state index in [1.165, 1.54) is 12.1 Å². The third-order valence-electron chi connectivity index (χ3n) is 8.22. The van der Waals surface area contributed by atoms with Gasteiger partial charge < -0.3 is 18.8 Å². The lowest BCUT2D eigenvalue weighted by molar-refractivity contribution is -0.108. The van der Waals surface area contributed by atoms with Crippen molar-refractivity contribution in [1.29, 1.82) is 0 Å². The van der Waals surface area contributed by atoms with Crippen LogP contribution in [0.15, 0.2) is 30.5 Å². The molecule has 0 unspecified atom stereocenters. The molecule has 2 aliphatic heterocycles. The average Bonchev–Trinajstić information content (AvgIpc) is 3.17. The van der Waals surface area contributed by atoms with Gasteiger partial charge in [-0.2, -0.15) is 4.39 Å². The fourth-order valence-corrected chi connectivity index (χ4v) is 6.04. The lowest BCUT2D eigenvalue weighted by atomic mass is 9.85. The van der Waals surface area contributed by atoms with Crippen molar-refractivity contribution in [1.82, 2.24) is 19.2 Å². The van der Waals surface area contributed by atoms with Gasteiger partial charge in [0.25, 0.3) is 5.91 Å². The molecule has 1 aromatic carbocycles. The number of fused-ring (bicyclic) bond motifs is 1. The highest BCUT2D eigenvalue weighted by Crippen LogP contribution is 2.38. The third kappa shape index (κ3) is 5.22. The Morgan fingerprint density at radius 1 is 1.21 bits per heavy atom. The van der Waals surface area contributed by atoms with E-state index in [4.69, 9.17) is 4.74 Å². The van der Waals surface area contributed by atoms with E-state index < -0.39 is 11.8 Å². The zero-order chi connectivity index (χ0) is 27.8. The van der Waals surface area contributed by atoms with Crippen molar-refractivity contribution < 1.29 is 23.1 Å².